The third-order valence-electron chi connectivity index (χ3n) is 3.64. The highest BCUT2D eigenvalue weighted by Crippen LogP contribution is 2.31. The van der Waals surface area contributed by atoms with Gasteiger partial charge in [0, 0.05) is 22.8 Å². The molecular formula is C16H13NO7S2. The van der Waals surface area contributed by atoms with Crippen molar-refractivity contribution >= 4 is 42.4 Å². The van der Waals surface area contributed by atoms with E-state index in [4.69, 9.17) is 9.11 Å². The summed E-state index contributed by atoms with van der Waals surface area (Å²) in [7, 11) is -8.75. The molecule has 0 radical (unpaired) electrons. The highest BCUT2D eigenvalue weighted by atomic mass is 32.2. The third kappa shape index (κ3) is 3.78. The summed E-state index contributed by atoms with van der Waals surface area (Å²) in [5.74, 6) is -0.292. The highest BCUT2D eigenvalue weighted by Gasteiger charge is 2.14. The molecule has 3 aromatic carbocycles. The number of hydrogen-bond acceptors (Lipinski definition) is 6. The second-order valence-electron chi connectivity index (χ2n) is 5.48. The Morgan fingerprint density at radius 1 is 0.692 bits per heavy atom. The molecule has 0 aliphatic carbocycles. The number of fused-ring (bicyclic) bond motifs is 1. The summed E-state index contributed by atoms with van der Waals surface area (Å²) in [6, 6.07) is 12.3. The van der Waals surface area contributed by atoms with Gasteiger partial charge in [0.2, 0.25) is 0 Å². The van der Waals surface area contributed by atoms with Crippen molar-refractivity contribution < 1.29 is 31.0 Å². The predicted octanol–water partition coefficient (Wildman–Crippen LogP) is 2.78. The molecule has 0 aliphatic rings. The lowest BCUT2D eigenvalue weighted by Crippen LogP contribution is -1.99. The van der Waals surface area contributed by atoms with Gasteiger partial charge in [-0.3, -0.25) is 9.11 Å². The van der Waals surface area contributed by atoms with Gasteiger partial charge in [-0.25, -0.2) is 0 Å². The van der Waals surface area contributed by atoms with Crippen LogP contribution in [0.4, 0.5) is 11.4 Å². The lowest BCUT2D eigenvalue weighted by Gasteiger charge is -2.10. The van der Waals surface area contributed by atoms with Crippen LogP contribution in [0.15, 0.2) is 64.4 Å². The third-order valence-corrected chi connectivity index (χ3v) is 5.34. The molecular weight excluding hydrogens is 382 g/mol. The zero-order chi connectivity index (χ0) is 19.1. The number of phenolic OH excluding ortho intramolecular Hbond substituents is 1. The molecule has 0 aliphatic heterocycles. The van der Waals surface area contributed by atoms with Crippen molar-refractivity contribution in [2.45, 2.75) is 9.79 Å². The van der Waals surface area contributed by atoms with Crippen LogP contribution in [-0.4, -0.2) is 31.0 Å². The second-order valence-corrected chi connectivity index (χ2v) is 8.32. The fourth-order valence-corrected chi connectivity index (χ4v) is 3.44. The standard InChI is InChI=1S/C16H13NO7S2/c18-16-9-14(26(22,23)24)8-10-7-12(3-6-15(10)16)17-11-1-4-13(5-2-11)25(19,20)21/h1-9,17-18H,(H,19,20,21)(H,22,23,24). The maximum Gasteiger partial charge on any atom is 0.294 e. The van der Waals surface area contributed by atoms with Crippen molar-refractivity contribution in [2.24, 2.45) is 0 Å². The van der Waals surface area contributed by atoms with Gasteiger partial charge in [-0.05, 0) is 53.9 Å². The average Bonchev–Trinajstić information content (AvgIpc) is 2.53. The van der Waals surface area contributed by atoms with Gasteiger partial charge in [-0.2, -0.15) is 16.8 Å². The van der Waals surface area contributed by atoms with E-state index in [1.807, 2.05) is 0 Å². The molecule has 4 N–H and O–H groups in total. The summed E-state index contributed by atoms with van der Waals surface area (Å²) in [6.07, 6.45) is 0. The average molecular weight is 395 g/mol. The van der Waals surface area contributed by atoms with E-state index in [9.17, 15) is 21.9 Å². The Hall–Kier alpha value is -2.66. The van der Waals surface area contributed by atoms with Crippen LogP contribution in [0.2, 0.25) is 0 Å². The molecule has 8 nitrogen and oxygen atoms in total. The van der Waals surface area contributed by atoms with E-state index in [1.54, 1.807) is 18.2 Å². The first-order valence-electron chi connectivity index (χ1n) is 7.13. The first-order valence-corrected chi connectivity index (χ1v) is 10.0. The van der Waals surface area contributed by atoms with Crippen LogP contribution in [-0.2, 0) is 20.2 Å². The van der Waals surface area contributed by atoms with Gasteiger partial charge in [-0.1, -0.05) is 0 Å². The molecule has 3 rings (SSSR count). The molecule has 0 aromatic heterocycles. The summed E-state index contributed by atoms with van der Waals surface area (Å²) in [5, 5.41) is 13.7. The molecule has 0 spiro atoms. The largest absolute Gasteiger partial charge is 0.507 e. The summed E-state index contributed by atoms with van der Waals surface area (Å²) in [4.78, 5) is -0.679. The minimum atomic E-state index is -4.47. The zero-order valence-electron chi connectivity index (χ0n) is 13.0. The van der Waals surface area contributed by atoms with Gasteiger partial charge < -0.3 is 10.4 Å². The number of aromatic hydroxyl groups is 1. The van der Waals surface area contributed by atoms with Crippen molar-refractivity contribution in [3.63, 3.8) is 0 Å². The molecule has 26 heavy (non-hydrogen) atoms. The lowest BCUT2D eigenvalue weighted by molar-refractivity contribution is 0.471. The van der Waals surface area contributed by atoms with Crippen molar-refractivity contribution in [3.8, 4) is 5.75 Å². The lowest BCUT2D eigenvalue weighted by atomic mass is 10.1. The molecule has 0 unspecified atom stereocenters. The number of anilines is 2. The molecule has 10 heteroatoms. The van der Waals surface area contributed by atoms with E-state index in [0.29, 0.717) is 22.1 Å². The van der Waals surface area contributed by atoms with E-state index in [0.717, 1.165) is 6.07 Å². The normalized spacial score (nSPS) is 12.2. The van der Waals surface area contributed by atoms with Crippen molar-refractivity contribution in [1.82, 2.24) is 0 Å². The fraction of sp³-hybridized carbons (Fsp3) is 0. The molecule has 3 aromatic rings. The minimum absolute atomic E-state index is 0.246. The molecule has 0 saturated heterocycles. The summed E-state index contributed by atoms with van der Waals surface area (Å²) >= 11 is 0. The second kappa shape index (κ2) is 6.25. The Morgan fingerprint density at radius 2 is 1.27 bits per heavy atom. The van der Waals surface area contributed by atoms with Crippen LogP contribution in [0.1, 0.15) is 0 Å². The fourth-order valence-electron chi connectivity index (χ4n) is 2.43. The molecule has 0 saturated carbocycles. The highest BCUT2D eigenvalue weighted by molar-refractivity contribution is 7.86. The summed E-state index contributed by atoms with van der Waals surface area (Å²) < 4.78 is 62.7. The number of nitrogens with one attached hydrogen (secondary N) is 1. The van der Waals surface area contributed by atoms with Crippen molar-refractivity contribution in [2.75, 3.05) is 5.32 Å². The Morgan fingerprint density at radius 3 is 1.85 bits per heavy atom. The number of benzene rings is 3. The van der Waals surface area contributed by atoms with Gasteiger partial charge in [-0.15, -0.1) is 0 Å². The van der Waals surface area contributed by atoms with Crippen LogP contribution in [0.25, 0.3) is 10.8 Å². The minimum Gasteiger partial charge on any atom is -0.507 e. The topological polar surface area (TPSA) is 141 Å². The predicted molar refractivity (Wildman–Crippen MR) is 95.0 cm³/mol. The van der Waals surface area contributed by atoms with Crippen molar-refractivity contribution in [3.05, 3.63) is 54.6 Å². The van der Waals surface area contributed by atoms with Crippen LogP contribution in [0, 0.1) is 0 Å². The maximum absolute atomic E-state index is 11.3. The van der Waals surface area contributed by atoms with E-state index < -0.39 is 25.1 Å². The molecule has 0 amide bonds. The van der Waals surface area contributed by atoms with Crippen LogP contribution in [0.3, 0.4) is 0 Å². The molecule has 0 fully saturated rings. The van der Waals surface area contributed by atoms with Gasteiger partial charge in [0.05, 0.1) is 9.79 Å². The Kier molecular flexibility index (Phi) is 4.36. The van der Waals surface area contributed by atoms with Crippen LogP contribution in [0.5, 0.6) is 5.75 Å². The van der Waals surface area contributed by atoms with Gasteiger partial charge in [0.15, 0.2) is 0 Å². The van der Waals surface area contributed by atoms with Gasteiger partial charge in [0.1, 0.15) is 5.75 Å². The number of hydrogen-bond donors (Lipinski definition) is 4. The quantitative estimate of drug-likeness (QED) is 0.494. The molecule has 0 atom stereocenters. The first-order chi connectivity index (χ1) is 12.0. The zero-order valence-corrected chi connectivity index (χ0v) is 14.6. The summed E-state index contributed by atoms with van der Waals surface area (Å²) in [6.45, 7) is 0. The Bertz CT molecular complexity index is 1200. The Labute approximate surface area is 149 Å². The smallest absolute Gasteiger partial charge is 0.294 e. The maximum atomic E-state index is 11.3. The van der Waals surface area contributed by atoms with Gasteiger partial charge >= 0.3 is 0 Å². The molecule has 0 heterocycles. The first kappa shape index (κ1) is 18.1. The van der Waals surface area contributed by atoms with E-state index in [-0.39, 0.29) is 10.6 Å². The van der Waals surface area contributed by atoms with E-state index in [1.165, 1.54) is 30.3 Å². The summed E-state index contributed by atoms with van der Waals surface area (Å²) in [5.41, 5.74) is 1.05. The number of phenols is 1. The van der Waals surface area contributed by atoms with Crippen LogP contribution < -0.4 is 5.32 Å². The van der Waals surface area contributed by atoms with Gasteiger partial charge in [0.25, 0.3) is 20.2 Å². The number of rotatable bonds is 4. The molecule has 136 valence electrons. The van der Waals surface area contributed by atoms with Crippen molar-refractivity contribution in [1.29, 1.82) is 0 Å². The Balaban J connectivity index is 1.98. The van der Waals surface area contributed by atoms with Crippen LogP contribution >= 0.6 is 0 Å². The SMILES string of the molecule is O=S(=O)(O)c1ccc(Nc2ccc3c(O)cc(S(=O)(=O)O)cc3c2)cc1. The monoisotopic (exact) mass is 395 g/mol. The van der Waals surface area contributed by atoms with E-state index in [2.05, 4.69) is 5.32 Å². The molecule has 0 bridgehead atoms. The van der Waals surface area contributed by atoms with E-state index >= 15 is 0 Å².